The number of rotatable bonds is 3. The second-order valence-electron chi connectivity index (χ2n) is 1.99. The summed E-state index contributed by atoms with van der Waals surface area (Å²) in [5, 5.41) is 0. The molecule has 0 aliphatic rings. The summed E-state index contributed by atoms with van der Waals surface area (Å²) in [4.78, 5) is 10.5. The van der Waals surface area contributed by atoms with Crippen LogP contribution in [-0.4, -0.2) is 13.1 Å². The number of carbonyl (C=O) groups excluding carboxylic acids is 1. The van der Waals surface area contributed by atoms with Crippen LogP contribution in [0.5, 0.6) is 0 Å². The molecular weight excluding hydrogens is 116 g/mol. The summed E-state index contributed by atoms with van der Waals surface area (Å²) in [6.45, 7) is 5.46. The van der Waals surface area contributed by atoms with Crippen LogP contribution in [0.2, 0.25) is 0 Å². The van der Waals surface area contributed by atoms with Gasteiger partial charge in [0, 0.05) is 0 Å². The molecule has 0 aliphatic heterocycles. The van der Waals surface area contributed by atoms with E-state index < -0.39 is 0 Å². The monoisotopic (exact) mass is 128 g/mol. The van der Waals surface area contributed by atoms with Crippen molar-refractivity contribution in [3.63, 3.8) is 0 Å². The van der Waals surface area contributed by atoms with E-state index in [2.05, 4.69) is 11.3 Å². The first-order valence-corrected chi connectivity index (χ1v) is 2.90. The van der Waals surface area contributed by atoms with E-state index in [9.17, 15) is 4.79 Å². The highest BCUT2D eigenvalue weighted by Crippen LogP contribution is 2.02. The third-order valence-electron chi connectivity index (χ3n) is 1.12. The molecule has 0 fully saturated rings. The minimum atomic E-state index is -0.178. The third kappa shape index (κ3) is 3.76. The molecule has 2 nitrogen and oxygen atoms in total. The molecule has 0 N–H and O–H groups in total. The Morgan fingerprint density at radius 1 is 1.89 bits per heavy atom. The summed E-state index contributed by atoms with van der Waals surface area (Å²) in [7, 11) is 1.39. The molecule has 0 spiro atoms. The van der Waals surface area contributed by atoms with Crippen molar-refractivity contribution < 1.29 is 9.53 Å². The molecular formula is C7H12O2. The van der Waals surface area contributed by atoms with Gasteiger partial charge in [0.2, 0.25) is 0 Å². The van der Waals surface area contributed by atoms with Crippen LogP contribution >= 0.6 is 0 Å². The zero-order chi connectivity index (χ0) is 7.28. The van der Waals surface area contributed by atoms with Gasteiger partial charge in [-0.05, 0) is 5.92 Å². The van der Waals surface area contributed by atoms with E-state index >= 15 is 0 Å². The molecule has 2 heteroatoms. The Morgan fingerprint density at radius 2 is 2.44 bits per heavy atom. The Bertz CT molecular complexity index is 107. The normalized spacial score (nSPS) is 12.2. The molecule has 0 aromatic carbocycles. The fraction of sp³-hybridized carbons (Fsp3) is 0.571. The van der Waals surface area contributed by atoms with E-state index in [0.717, 1.165) is 0 Å². The van der Waals surface area contributed by atoms with Gasteiger partial charge in [-0.3, -0.25) is 4.79 Å². The van der Waals surface area contributed by atoms with Crippen LogP contribution in [-0.2, 0) is 9.53 Å². The Kier molecular flexibility index (Phi) is 3.76. The van der Waals surface area contributed by atoms with E-state index in [4.69, 9.17) is 0 Å². The molecule has 0 aromatic rings. The molecule has 0 bridgehead atoms. The van der Waals surface area contributed by atoms with Crippen molar-refractivity contribution in [3.8, 4) is 0 Å². The molecule has 0 rings (SSSR count). The van der Waals surface area contributed by atoms with Crippen LogP contribution in [0.15, 0.2) is 12.7 Å². The second-order valence-corrected chi connectivity index (χ2v) is 1.99. The van der Waals surface area contributed by atoms with Crippen molar-refractivity contribution in [1.29, 1.82) is 0 Å². The van der Waals surface area contributed by atoms with Gasteiger partial charge in [0.15, 0.2) is 0 Å². The van der Waals surface area contributed by atoms with Crippen molar-refractivity contribution in [2.75, 3.05) is 7.11 Å². The number of hydrogen-bond acceptors (Lipinski definition) is 2. The third-order valence-corrected chi connectivity index (χ3v) is 1.12. The lowest BCUT2D eigenvalue weighted by atomic mass is 10.1. The van der Waals surface area contributed by atoms with E-state index in [1.165, 1.54) is 7.11 Å². The predicted octanol–water partition coefficient (Wildman–Crippen LogP) is 1.37. The number of ether oxygens (including phenoxy) is 1. The van der Waals surface area contributed by atoms with Crippen molar-refractivity contribution >= 4 is 5.97 Å². The maximum absolute atomic E-state index is 10.5. The standard InChI is InChI=1S/C7H12O2/c1-4-6(2)5-7(8)9-3/h4,6H,1,5H2,2-3H3. The molecule has 0 aromatic heterocycles. The Hall–Kier alpha value is -0.790. The molecule has 1 unspecified atom stereocenters. The van der Waals surface area contributed by atoms with Gasteiger partial charge >= 0.3 is 5.97 Å². The summed E-state index contributed by atoms with van der Waals surface area (Å²) in [6.07, 6.45) is 2.16. The first-order valence-electron chi connectivity index (χ1n) is 2.90. The zero-order valence-electron chi connectivity index (χ0n) is 5.89. The SMILES string of the molecule is C=CC(C)CC(=O)OC. The number of carbonyl (C=O) groups is 1. The number of allylic oxidation sites excluding steroid dienone is 1. The molecule has 0 amide bonds. The first kappa shape index (κ1) is 8.21. The lowest BCUT2D eigenvalue weighted by Gasteiger charge is -2.01. The quantitative estimate of drug-likeness (QED) is 0.424. The van der Waals surface area contributed by atoms with E-state index in [0.29, 0.717) is 6.42 Å². The smallest absolute Gasteiger partial charge is 0.306 e. The minimum Gasteiger partial charge on any atom is -0.469 e. The largest absolute Gasteiger partial charge is 0.469 e. The highest BCUT2D eigenvalue weighted by atomic mass is 16.5. The molecule has 0 aliphatic carbocycles. The van der Waals surface area contributed by atoms with E-state index in [1.807, 2.05) is 6.92 Å². The predicted molar refractivity (Wildman–Crippen MR) is 36.0 cm³/mol. The molecule has 0 saturated carbocycles. The summed E-state index contributed by atoms with van der Waals surface area (Å²) in [5.74, 6) is 0.0415. The van der Waals surface area contributed by atoms with Gasteiger partial charge in [-0.15, -0.1) is 6.58 Å². The van der Waals surface area contributed by atoms with Crippen LogP contribution in [0.4, 0.5) is 0 Å². The summed E-state index contributed by atoms with van der Waals surface area (Å²) < 4.78 is 4.44. The molecule has 0 saturated heterocycles. The summed E-state index contributed by atoms with van der Waals surface area (Å²) >= 11 is 0. The highest BCUT2D eigenvalue weighted by Gasteiger charge is 2.03. The van der Waals surface area contributed by atoms with Crippen molar-refractivity contribution in [2.45, 2.75) is 13.3 Å². The fourth-order valence-corrected chi connectivity index (χ4v) is 0.430. The topological polar surface area (TPSA) is 26.3 Å². The van der Waals surface area contributed by atoms with Gasteiger partial charge in [0.05, 0.1) is 13.5 Å². The van der Waals surface area contributed by atoms with Gasteiger partial charge in [0.25, 0.3) is 0 Å². The first-order chi connectivity index (χ1) is 4.20. The number of hydrogen-bond donors (Lipinski definition) is 0. The molecule has 52 valence electrons. The molecule has 0 heterocycles. The Labute approximate surface area is 55.5 Å². The second kappa shape index (κ2) is 4.13. The van der Waals surface area contributed by atoms with Gasteiger partial charge < -0.3 is 4.74 Å². The molecule has 1 atom stereocenters. The maximum atomic E-state index is 10.5. The van der Waals surface area contributed by atoms with Crippen LogP contribution < -0.4 is 0 Å². The molecule has 0 radical (unpaired) electrons. The lowest BCUT2D eigenvalue weighted by Crippen LogP contribution is -2.04. The van der Waals surface area contributed by atoms with Crippen LogP contribution in [0.1, 0.15) is 13.3 Å². The summed E-state index contributed by atoms with van der Waals surface area (Å²) in [6, 6.07) is 0. The van der Waals surface area contributed by atoms with E-state index in [-0.39, 0.29) is 11.9 Å². The lowest BCUT2D eigenvalue weighted by molar-refractivity contribution is -0.141. The van der Waals surface area contributed by atoms with Gasteiger partial charge in [-0.25, -0.2) is 0 Å². The minimum absolute atomic E-state index is 0.178. The summed E-state index contributed by atoms with van der Waals surface area (Å²) in [5.41, 5.74) is 0. The Balaban J connectivity index is 3.46. The average molecular weight is 128 g/mol. The van der Waals surface area contributed by atoms with Gasteiger partial charge in [0.1, 0.15) is 0 Å². The van der Waals surface area contributed by atoms with Crippen LogP contribution in [0.3, 0.4) is 0 Å². The van der Waals surface area contributed by atoms with E-state index in [1.54, 1.807) is 6.08 Å². The molecule has 9 heavy (non-hydrogen) atoms. The number of methoxy groups -OCH3 is 1. The average Bonchev–Trinajstić information content (AvgIpc) is 1.87. The van der Waals surface area contributed by atoms with Crippen molar-refractivity contribution in [3.05, 3.63) is 12.7 Å². The maximum Gasteiger partial charge on any atom is 0.306 e. The van der Waals surface area contributed by atoms with Crippen LogP contribution in [0, 0.1) is 5.92 Å². The highest BCUT2D eigenvalue weighted by molar-refractivity contribution is 5.69. The van der Waals surface area contributed by atoms with Gasteiger partial charge in [-0.1, -0.05) is 13.0 Å². The van der Waals surface area contributed by atoms with Crippen molar-refractivity contribution in [1.82, 2.24) is 0 Å². The number of esters is 1. The fourth-order valence-electron chi connectivity index (χ4n) is 0.430. The van der Waals surface area contributed by atoms with Gasteiger partial charge in [-0.2, -0.15) is 0 Å². The van der Waals surface area contributed by atoms with Crippen LogP contribution in [0.25, 0.3) is 0 Å². The van der Waals surface area contributed by atoms with Crippen molar-refractivity contribution in [2.24, 2.45) is 5.92 Å². The zero-order valence-corrected chi connectivity index (χ0v) is 5.89. The Morgan fingerprint density at radius 3 is 2.78 bits per heavy atom.